The molecule has 1 unspecified atom stereocenters. The van der Waals surface area contributed by atoms with Crippen molar-refractivity contribution in [3.63, 3.8) is 0 Å². The highest BCUT2D eigenvalue weighted by Gasteiger charge is 2.62. The molecule has 2 saturated heterocycles. The van der Waals surface area contributed by atoms with E-state index < -0.39 is 5.54 Å². The molecule has 2 aromatic heterocycles. The minimum atomic E-state index is -0.446. The number of carbonyl (C=O) groups excluding carboxylic acids is 1. The highest BCUT2D eigenvalue weighted by Crippen LogP contribution is 2.45. The second-order valence-electron chi connectivity index (χ2n) is 8.62. The van der Waals surface area contributed by atoms with Crippen molar-refractivity contribution in [3.8, 4) is 22.6 Å². The first-order valence-electron chi connectivity index (χ1n) is 11.0. The van der Waals surface area contributed by atoms with Crippen LogP contribution in [0.15, 0.2) is 35.8 Å². The summed E-state index contributed by atoms with van der Waals surface area (Å²) in [7, 11) is 4.54. The van der Waals surface area contributed by atoms with Crippen molar-refractivity contribution in [1.82, 2.24) is 19.4 Å². The predicted octanol–water partition coefficient (Wildman–Crippen LogP) is 2.90. The number of carbonyl (C=O) groups is 1. The Morgan fingerprint density at radius 2 is 1.97 bits per heavy atom. The number of methoxy groups -OCH3 is 2. The van der Waals surface area contributed by atoms with Gasteiger partial charge in [-0.3, -0.25) is 14.2 Å². The van der Waals surface area contributed by atoms with Crippen LogP contribution >= 0.6 is 23.2 Å². The molecule has 1 aromatic carbocycles. The van der Waals surface area contributed by atoms with Gasteiger partial charge in [0.15, 0.2) is 0 Å². The summed E-state index contributed by atoms with van der Waals surface area (Å²) in [6, 6.07) is 3.00. The van der Waals surface area contributed by atoms with Crippen LogP contribution in [-0.2, 0) is 16.6 Å². The quantitative estimate of drug-likeness (QED) is 0.382. The topological polar surface area (TPSA) is 108 Å². The Kier molecular flexibility index (Phi) is 6.06. The number of pyridine rings is 1. The number of nitrogens with zero attached hydrogens (tertiary/aromatic N) is 4. The molecule has 1 amide bonds. The van der Waals surface area contributed by atoms with Crippen LogP contribution in [0.25, 0.3) is 22.2 Å². The molecule has 0 radical (unpaired) electrons. The average Bonchev–Trinajstić information content (AvgIpc) is 3.48. The largest absolute Gasteiger partial charge is 0.495 e. The normalized spacial score (nSPS) is 20.6. The molecule has 1 N–H and O–H groups in total. The molecule has 188 valence electrons. The van der Waals surface area contributed by atoms with E-state index in [1.54, 1.807) is 30.3 Å². The third-order valence-corrected chi connectivity index (χ3v) is 7.44. The van der Waals surface area contributed by atoms with Crippen LogP contribution in [0.5, 0.6) is 11.5 Å². The van der Waals surface area contributed by atoms with Crippen molar-refractivity contribution < 1.29 is 19.0 Å². The fraction of sp³-hybridized carbons (Fsp3) is 0.333. The van der Waals surface area contributed by atoms with Crippen LogP contribution in [-0.4, -0.2) is 70.9 Å². The number of anilines is 1. The number of hydrogen-bond acceptors (Lipinski definition) is 8. The van der Waals surface area contributed by atoms with Gasteiger partial charge in [-0.15, -0.1) is 0 Å². The Bertz CT molecular complexity index is 1450. The maximum absolute atomic E-state index is 13.4. The van der Waals surface area contributed by atoms with Gasteiger partial charge in [-0.05, 0) is 12.1 Å². The number of fused-ring (bicyclic) bond motifs is 1. The third-order valence-electron chi connectivity index (χ3n) is 6.69. The summed E-state index contributed by atoms with van der Waals surface area (Å²) in [4.78, 5) is 36.2. The first-order chi connectivity index (χ1) is 17.2. The van der Waals surface area contributed by atoms with Gasteiger partial charge in [0.2, 0.25) is 11.9 Å². The summed E-state index contributed by atoms with van der Waals surface area (Å²) in [5.41, 5.74) is 0.146. The van der Waals surface area contributed by atoms with Crippen molar-refractivity contribution in [3.05, 3.63) is 51.4 Å². The predicted molar refractivity (Wildman–Crippen MR) is 136 cm³/mol. The SMILES string of the molecule is C=CC(=O)N1CC12COC[C@H]2Nc1ncc2cc(-c3c(Cl)c(OC)cc(OC)c3Cl)c(=O)n(C)c2n1. The van der Waals surface area contributed by atoms with E-state index in [1.165, 1.54) is 24.9 Å². The minimum Gasteiger partial charge on any atom is -0.495 e. The van der Waals surface area contributed by atoms with E-state index in [2.05, 4.69) is 21.9 Å². The van der Waals surface area contributed by atoms with E-state index in [9.17, 15) is 9.59 Å². The lowest BCUT2D eigenvalue weighted by molar-refractivity contribution is -0.122. The summed E-state index contributed by atoms with van der Waals surface area (Å²) in [6.07, 6.45) is 2.90. The van der Waals surface area contributed by atoms with E-state index in [1.807, 2.05) is 0 Å². The molecular weight excluding hydrogens is 509 g/mol. The Morgan fingerprint density at radius 3 is 2.61 bits per heavy atom. The lowest BCUT2D eigenvalue weighted by Crippen LogP contribution is -2.40. The Balaban J connectivity index is 1.54. The van der Waals surface area contributed by atoms with E-state index in [4.69, 9.17) is 37.4 Å². The molecule has 0 bridgehead atoms. The molecule has 3 aromatic rings. The monoisotopic (exact) mass is 531 g/mol. The fourth-order valence-electron chi connectivity index (χ4n) is 4.63. The zero-order valence-electron chi connectivity index (χ0n) is 19.8. The highest BCUT2D eigenvalue weighted by atomic mass is 35.5. The number of hydrogen-bond donors (Lipinski definition) is 1. The number of amides is 1. The molecule has 12 heteroatoms. The van der Waals surface area contributed by atoms with Gasteiger partial charge < -0.3 is 24.4 Å². The molecule has 0 saturated carbocycles. The van der Waals surface area contributed by atoms with Crippen molar-refractivity contribution in [2.45, 2.75) is 11.6 Å². The van der Waals surface area contributed by atoms with E-state index >= 15 is 0 Å². The lowest BCUT2D eigenvalue weighted by atomic mass is 10.0. The minimum absolute atomic E-state index is 0.145. The summed E-state index contributed by atoms with van der Waals surface area (Å²) in [5.74, 6) is 0.815. The number of ether oxygens (including phenoxy) is 3. The molecule has 5 rings (SSSR count). The number of nitrogens with one attached hydrogen (secondary N) is 1. The Labute approximate surface area is 216 Å². The van der Waals surface area contributed by atoms with Crippen LogP contribution in [0.3, 0.4) is 0 Å². The van der Waals surface area contributed by atoms with Gasteiger partial charge in [0, 0.05) is 36.8 Å². The van der Waals surface area contributed by atoms with Gasteiger partial charge in [-0.25, -0.2) is 4.98 Å². The average molecular weight is 532 g/mol. The highest BCUT2D eigenvalue weighted by molar-refractivity contribution is 6.41. The molecule has 2 fully saturated rings. The summed E-state index contributed by atoms with van der Waals surface area (Å²) in [5, 5.41) is 4.24. The van der Waals surface area contributed by atoms with Crippen molar-refractivity contribution >= 4 is 46.1 Å². The first kappa shape index (κ1) is 24.4. The number of rotatable bonds is 6. The number of benzene rings is 1. The Hall–Kier alpha value is -3.34. The molecule has 0 aliphatic carbocycles. The summed E-state index contributed by atoms with van der Waals surface area (Å²) in [6.45, 7) is 4.94. The summed E-state index contributed by atoms with van der Waals surface area (Å²) < 4.78 is 17.7. The molecule has 2 atom stereocenters. The smallest absolute Gasteiger partial charge is 0.259 e. The maximum Gasteiger partial charge on any atom is 0.259 e. The maximum atomic E-state index is 13.4. The molecule has 1 spiro atoms. The van der Waals surface area contributed by atoms with Gasteiger partial charge in [0.05, 0.1) is 49.1 Å². The summed E-state index contributed by atoms with van der Waals surface area (Å²) >= 11 is 13.1. The molecular formula is C24H23Cl2N5O5. The molecule has 10 nitrogen and oxygen atoms in total. The van der Waals surface area contributed by atoms with Crippen molar-refractivity contribution in [2.24, 2.45) is 7.05 Å². The first-order valence-corrected chi connectivity index (χ1v) is 11.8. The van der Waals surface area contributed by atoms with Crippen LogP contribution in [0, 0.1) is 0 Å². The van der Waals surface area contributed by atoms with Gasteiger partial charge in [-0.1, -0.05) is 29.8 Å². The van der Waals surface area contributed by atoms with Gasteiger partial charge in [0.25, 0.3) is 5.56 Å². The van der Waals surface area contributed by atoms with Crippen LogP contribution < -0.4 is 20.3 Å². The second-order valence-corrected chi connectivity index (χ2v) is 9.38. The number of halogens is 2. The van der Waals surface area contributed by atoms with E-state index in [0.29, 0.717) is 53.8 Å². The van der Waals surface area contributed by atoms with Crippen molar-refractivity contribution in [1.29, 1.82) is 0 Å². The van der Waals surface area contributed by atoms with Crippen LogP contribution in [0.1, 0.15) is 0 Å². The van der Waals surface area contributed by atoms with Crippen LogP contribution in [0.2, 0.25) is 10.0 Å². The molecule has 36 heavy (non-hydrogen) atoms. The van der Waals surface area contributed by atoms with E-state index in [-0.39, 0.29) is 33.1 Å². The van der Waals surface area contributed by atoms with Crippen LogP contribution in [0.4, 0.5) is 5.95 Å². The molecule has 2 aliphatic heterocycles. The Morgan fingerprint density at radius 1 is 1.28 bits per heavy atom. The van der Waals surface area contributed by atoms with Gasteiger partial charge in [0.1, 0.15) is 22.7 Å². The number of aryl methyl sites for hydroxylation is 1. The fourth-order valence-corrected chi connectivity index (χ4v) is 5.33. The second kappa shape index (κ2) is 8.95. The van der Waals surface area contributed by atoms with Gasteiger partial charge in [-0.2, -0.15) is 4.98 Å². The lowest BCUT2D eigenvalue weighted by Gasteiger charge is -2.19. The zero-order valence-corrected chi connectivity index (χ0v) is 21.3. The molecule has 4 heterocycles. The van der Waals surface area contributed by atoms with E-state index in [0.717, 1.165) is 0 Å². The number of aromatic nitrogens is 3. The zero-order chi connectivity index (χ0) is 25.8. The molecule has 2 aliphatic rings. The van der Waals surface area contributed by atoms with Gasteiger partial charge >= 0.3 is 0 Å². The standard InChI is InChI=1S/C24H23Cl2N5O5/c1-5-17(32)31-10-24(31)11-36-9-16(24)28-23-27-8-12-6-13(22(33)30(2)21(12)29-23)18-19(25)14(34-3)7-15(35-4)20(18)26/h5-8,16H,1,9-11H2,2-4H3,(H,27,28,29)/t16-,24?,31?/m1/s1. The van der Waals surface area contributed by atoms with Crippen molar-refractivity contribution in [2.75, 3.05) is 39.3 Å². The third kappa shape index (κ3) is 3.68.